The lowest BCUT2D eigenvalue weighted by Gasteiger charge is -2.26. The van der Waals surface area contributed by atoms with Gasteiger partial charge in [0, 0.05) is 27.3 Å². The van der Waals surface area contributed by atoms with Crippen molar-refractivity contribution in [3.8, 4) is 33.6 Å². The van der Waals surface area contributed by atoms with Crippen LogP contribution in [0.2, 0.25) is 0 Å². The molecule has 1 aliphatic rings. The minimum Gasteiger partial charge on any atom is -0.245 e. The average molecular weight is 649 g/mol. The smallest absolute Gasteiger partial charge is 0.0972 e. The molecule has 2 nitrogen and oxygen atoms in total. The van der Waals surface area contributed by atoms with Crippen LogP contribution in [0.5, 0.6) is 0 Å². The van der Waals surface area contributed by atoms with Gasteiger partial charge in [0.15, 0.2) is 0 Å². The van der Waals surface area contributed by atoms with Gasteiger partial charge in [-0.15, -0.1) is 0 Å². The normalized spacial score (nSPS) is 13.5. The quantitative estimate of drug-likeness (QED) is 0.174. The molecule has 0 N–H and O–H groups in total. The van der Waals surface area contributed by atoms with Gasteiger partial charge in [-0.05, 0) is 83.5 Å². The first-order valence-corrected chi connectivity index (χ1v) is 17.8. The van der Waals surface area contributed by atoms with Crippen molar-refractivity contribution >= 4 is 64.9 Å². The van der Waals surface area contributed by atoms with E-state index in [9.17, 15) is 0 Å². The molecule has 0 atom stereocenters. The van der Waals surface area contributed by atoms with Crippen LogP contribution in [-0.2, 0) is 5.41 Å². The number of hydrogen-bond acceptors (Lipinski definition) is 2. The minimum atomic E-state index is -0.207. The molecule has 0 radical (unpaired) electrons. The maximum Gasteiger partial charge on any atom is 0.0972 e. The summed E-state index contributed by atoms with van der Waals surface area (Å²) in [6.45, 7) is 4.82. The summed E-state index contributed by atoms with van der Waals surface area (Å²) < 4.78 is 0. The van der Waals surface area contributed by atoms with E-state index in [2.05, 4.69) is 166 Å². The van der Waals surface area contributed by atoms with Crippen molar-refractivity contribution in [2.75, 3.05) is 0 Å². The number of fused-ring (bicyclic) bond motifs is 16. The summed E-state index contributed by atoms with van der Waals surface area (Å²) in [5.41, 5.74) is 11.2. The lowest BCUT2D eigenvalue weighted by atomic mass is 9.77. The van der Waals surface area contributed by atoms with E-state index in [0.717, 1.165) is 44.3 Å². The van der Waals surface area contributed by atoms with Crippen LogP contribution in [0.1, 0.15) is 25.0 Å². The maximum atomic E-state index is 5.35. The topological polar surface area (TPSA) is 25.8 Å². The van der Waals surface area contributed by atoms with E-state index in [0.29, 0.717) is 0 Å². The van der Waals surface area contributed by atoms with Crippen LogP contribution in [0.3, 0.4) is 0 Å². The summed E-state index contributed by atoms with van der Waals surface area (Å²) in [6, 6.07) is 57.3. The van der Waals surface area contributed by atoms with E-state index in [-0.39, 0.29) is 5.41 Å². The number of benzene rings is 8. The standard InChI is InChI=1S/C49H32N2/c1-49(2)40-25-22-32(42-27-24-31-21-20-30-23-26-41(29-12-4-3-5-13-29)50-47(30)48(31)51-42)28-39(40)44-38-19-11-10-18-37(38)43-35-16-8-6-14-33(35)34-15-7-9-17-36(34)45(43)46(44)49/h3-28H,1-2H3. The van der Waals surface area contributed by atoms with E-state index in [1.807, 2.05) is 6.07 Å². The lowest BCUT2D eigenvalue weighted by Crippen LogP contribution is -2.15. The van der Waals surface area contributed by atoms with Gasteiger partial charge in [0.2, 0.25) is 0 Å². The molecule has 0 fully saturated rings. The highest BCUT2D eigenvalue weighted by atomic mass is 14.8. The fourth-order valence-electron chi connectivity index (χ4n) is 9.05. The van der Waals surface area contributed by atoms with Gasteiger partial charge in [-0.25, -0.2) is 9.97 Å². The van der Waals surface area contributed by atoms with Crippen LogP contribution in [0.15, 0.2) is 158 Å². The molecule has 0 unspecified atom stereocenters. The van der Waals surface area contributed by atoms with E-state index >= 15 is 0 Å². The zero-order chi connectivity index (χ0) is 33.8. The number of nitrogens with zero attached hydrogens (tertiary/aromatic N) is 2. The molecule has 0 saturated heterocycles. The van der Waals surface area contributed by atoms with E-state index in [1.54, 1.807) is 0 Å². The molecule has 0 bridgehead atoms. The van der Waals surface area contributed by atoms with Crippen LogP contribution in [0, 0.1) is 0 Å². The van der Waals surface area contributed by atoms with E-state index < -0.39 is 0 Å². The second kappa shape index (κ2) is 10.3. The van der Waals surface area contributed by atoms with Gasteiger partial charge < -0.3 is 0 Å². The Kier molecular flexibility index (Phi) is 5.76. The third-order valence-electron chi connectivity index (χ3n) is 11.4. The summed E-state index contributed by atoms with van der Waals surface area (Å²) in [4.78, 5) is 10.5. The number of pyridine rings is 2. The van der Waals surface area contributed by atoms with Gasteiger partial charge in [-0.3, -0.25) is 0 Å². The minimum absolute atomic E-state index is 0.207. The fraction of sp³-hybridized carbons (Fsp3) is 0.0612. The van der Waals surface area contributed by atoms with Crippen molar-refractivity contribution in [2.45, 2.75) is 19.3 Å². The van der Waals surface area contributed by atoms with E-state index in [1.165, 1.54) is 65.3 Å². The summed E-state index contributed by atoms with van der Waals surface area (Å²) in [5, 5.41) is 12.8. The van der Waals surface area contributed by atoms with Crippen molar-refractivity contribution in [3.05, 3.63) is 169 Å². The average Bonchev–Trinajstić information content (AvgIpc) is 3.43. The van der Waals surface area contributed by atoms with Gasteiger partial charge in [-0.1, -0.05) is 153 Å². The third-order valence-corrected chi connectivity index (χ3v) is 11.4. The maximum absolute atomic E-state index is 5.35. The predicted octanol–water partition coefficient (Wildman–Crippen LogP) is 13.0. The van der Waals surface area contributed by atoms with Crippen molar-refractivity contribution < 1.29 is 0 Å². The Balaban J connectivity index is 1.19. The zero-order valence-corrected chi connectivity index (χ0v) is 28.4. The van der Waals surface area contributed by atoms with Gasteiger partial charge >= 0.3 is 0 Å². The molecule has 2 aromatic heterocycles. The van der Waals surface area contributed by atoms with Gasteiger partial charge in [0.1, 0.15) is 0 Å². The SMILES string of the molecule is CC1(C)c2ccc(-c3ccc4ccc5ccc(-c6ccccc6)nc5c4n3)cc2-c2c1c1c3ccccc3c3ccccc3c1c1ccccc21. The highest BCUT2D eigenvalue weighted by molar-refractivity contribution is 6.35. The second-order valence-electron chi connectivity index (χ2n) is 14.5. The molecule has 11 rings (SSSR count). The Bertz CT molecular complexity index is 3100. The molecular formula is C49H32N2. The van der Waals surface area contributed by atoms with Crippen LogP contribution >= 0.6 is 0 Å². The molecule has 238 valence electrons. The van der Waals surface area contributed by atoms with Crippen molar-refractivity contribution in [3.63, 3.8) is 0 Å². The Labute approximate surface area is 295 Å². The van der Waals surface area contributed by atoms with Crippen LogP contribution in [0.4, 0.5) is 0 Å². The molecule has 0 spiro atoms. The molecule has 51 heavy (non-hydrogen) atoms. The summed E-state index contributed by atoms with van der Waals surface area (Å²) >= 11 is 0. The van der Waals surface area contributed by atoms with Gasteiger partial charge in [0.25, 0.3) is 0 Å². The summed E-state index contributed by atoms with van der Waals surface area (Å²) in [6.07, 6.45) is 0. The first-order valence-electron chi connectivity index (χ1n) is 17.8. The molecule has 0 saturated carbocycles. The molecule has 0 aliphatic heterocycles. The zero-order valence-electron chi connectivity index (χ0n) is 28.4. The van der Waals surface area contributed by atoms with Crippen LogP contribution in [0.25, 0.3) is 98.5 Å². The number of aromatic nitrogens is 2. The van der Waals surface area contributed by atoms with Gasteiger partial charge in [-0.2, -0.15) is 0 Å². The number of hydrogen-bond donors (Lipinski definition) is 0. The Hall–Kier alpha value is -6.38. The fourth-order valence-corrected chi connectivity index (χ4v) is 9.05. The second-order valence-corrected chi connectivity index (χ2v) is 14.5. The van der Waals surface area contributed by atoms with Gasteiger partial charge in [0.05, 0.1) is 22.4 Å². The highest BCUT2D eigenvalue weighted by Gasteiger charge is 2.39. The first kappa shape index (κ1) is 28.5. The molecule has 1 aliphatic carbocycles. The number of rotatable bonds is 2. The van der Waals surface area contributed by atoms with Crippen molar-refractivity contribution in [1.82, 2.24) is 9.97 Å². The molecule has 10 aromatic rings. The molecular weight excluding hydrogens is 617 g/mol. The Morgan fingerprint density at radius 2 is 0.902 bits per heavy atom. The summed E-state index contributed by atoms with van der Waals surface area (Å²) in [5.74, 6) is 0. The van der Waals surface area contributed by atoms with Crippen LogP contribution < -0.4 is 0 Å². The Morgan fingerprint density at radius 1 is 0.412 bits per heavy atom. The Morgan fingerprint density at radius 3 is 1.53 bits per heavy atom. The van der Waals surface area contributed by atoms with E-state index in [4.69, 9.17) is 9.97 Å². The van der Waals surface area contributed by atoms with Crippen LogP contribution in [-0.4, -0.2) is 9.97 Å². The largest absolute Gasteiger partial charge is 0.245 e. The van der Waals surface area contributed by atoms with Crippen molar-refractivity contribution in [1.29, 1.82) is 0 Å². The molecule has 8 aromatic carbocycles. The lowest BCUT2D eigenvalue weighted by molar-refractivity contribution is 0.667. The predicted molar refractivity (Wildman–Crippen MR) is 216 cm³/mol. The highest BCUT2D eigenvalue weighted by Crippen LogP contribution is 2.57. The monoisotopic (exact) mass is 648 g/mol. The molecule has 0 amide bonds. The van der Waals surface area contributed by atoms with Crippen molar-refractivity contribution in [2.24, 2.45) is 0 Å². The third kappa shape index (κ3) is 3.93. The molecule has 2 heteroatoms. The first-order chi connectivity index (χ1) is 25.1. The molecule has 2 heterocycles. The summed E-state index contributed by atoms with van der Waals surface area (Å²) in [7, 11) is 0.